The molecular formula is C12H15F2NO3S. The predicted molar refractivity (Wildman–Crippen MR) is 66.6 cm³/mol. The van der Waals surface area contributed by atoms with Gasteiger partial charge in [-0.3, -0.25) is 4.79 Å². The lowest BCUT2D eigenvalue weighted by atomic mass is 10.1. The van der Waals surface area contributed by atoms with Crippen LogP contribution in [0.15, 0.2) is 29.2 Å². The molecule has 0 atom stereocenters. The molecule has 0 spiro atoms. The van der Waals surface area contributed by atoms with Gasteiger partial charge < -0.3 is 5.32 Å². The molecule has 4 nitrogen and oxygen atoms in total. The van der Waals surface area contributed by atoms with Crippen LogP contribution in [0.1, 0.15) is 18.9 Å². The smallest absolute Gasteiger partial charge is 0.341 e. The van der Waals surface area contributed by atoms with Crippen molar-refractivity contribution in [2.24, 2.45) is 0 Å². The van der Waals surface area contributed by atoms with Crippen molar-refractivity contribution < 1.29 is 22.0 Å². The topological polar surface area (TPSA) is 63.2 Å². The SMILES string of the molecule is CCCNC(=O)Cc1ccc(S(=O)(=O)C(F)F)cc1. The number of alkyl halides is 2. The Bertz CT molecular complexity index is 526. The van der Waals surface area contributed by atoms with Gasteiger partial charge in [-0.1, -0.05) is 19.1 Å². The molecule has 1 aromatic carbocycles. The minimum atomic E-state index is -4.57. The van der Waals surface area contributed by atoms with Gasteiger partial charge in [-0.25, -0.2) is 8.42 Å². The average molecular weight is 291 g/mol. The molecule has 0 aliphatic carbocycles. The van der Waals surface area contributed by atoms with Gasteiger partial charge in [0.25, 0.3) is 0 Å². The molecule has 0 fully saturated rings. The quantitative estimate of drug-likeness (QED) is 0.868. The van der Waals surface area contributed by atoms with Crippen LogP contribution in [0.2, 0.25) is 0 Å². The Hall–Kier alpha value is -1.50. The van der Waals surface area contributed by atoms with E-state index in [9.17, 15) is 22.0 Å². The Kier molecular flexibility index (Phi) is 5.41. The Morgan fingerprint density at radius 2 is 1.84 bits per heavy atom. The number of nitrogens with one attached hydrogen (secondary N) is 1. The first-order chi connectivity index (χ1) is 8.87. The van der Waals surface area contributed by atoms with Crippen molar-refractivity contribution in [3.8, 4) is 0 Å². The second kappa shape index (κ2) is 6.60. The summed E-state index contributed by atoms with van der Waals surface area (Å²) in [5.74, 6) is -3.63. The molecule has 7 heteroatoms. The van der Waals surface area contributed by atoms with Crippen molar-refractivity contribution in [3.05, 3.63) is 29.8 Å². The average Bonchev–Trinajstić information content (AvgIpc) is 2.36. The molecule has 0 bridgehead atoms. The van der Waals surface area contributed by atoms with Crippen molar-refractivity contribution in [3.63, 3.8) is 0 Å². The van der Waals surface area contributed by atoms with Crippen molar-refractivity contribution in [1.29, 1.82) is 0 Å². The first-order valence-electron chi connectivity index (χ1n) is 5.75. The van der Waals surface area contributed by atoms with E-state index in [0.29, 0.717) is 12.1 Å². The first-order valence-corrected chi connectivity index (χ1v) is 7.30. The fourth-order valence-corrected chi connectivity index (χ4v) is 2.13. The lowest BCUT2D eigenvalue weighted by Crippen LogP contribution is -2.25. The first kappa shape index (κ1) is 15.6. The Labute approximate surface area is 110 Å². The summed E-state index contributed by atoms with van der Waals surface area (Å²) >= 11 is 0. The second-order valence-corrected chi connectivity index (χ2v) is 5.89. The van der Waals surface area contributed by atoms with Crippen molar-refractivity contribution in [2.75, 3.05) is 6.54 Å². The summed E-state index contributed by atoms with van der Waals surface area (Å²) in [7, 11) is -4.57. The molecule has 1 amide bonds. The van der Waals surface area contributed by atoms with Crippen molar-refractivity contribution in [1.82, 2.24) is 5.32 Å². The Morgan fingerprint density at radius 1 is 1.26 bits per heavy atom. The maximum absolute atomic E-state index is 12.3. The van der Waals surface area contributed by atoms with E-state index in [1.165, 1.54) is 12.1 Å². The predicted octanol–water partition coefficient (Wildman–Crippen LogP) is 1.75. The normalized spacial score (nSPS) is 11.6. The van der Waals surface area contributed by atoms with E-state index < -0.39 is 20.5 Å². The zero-order chi connectivity index (χ0) is 14.5. The van der Waals surface area contributed by atoms with E-state index in [1.54, 1.807) is 0 Å². The molecule has 0 unspecified atom stereocenters. The van der Waals surface area contributed by atoms with Crippen LogP contribution in [0.3, 0.4) is 0 Å². The minimum Gasteiger partial charge on any atom is -0.356 e. The number of carbonyl (C=O) groups excluding carboxylic acids is 1. The molecule has 106 valence electrons. The van der Waals surface area contributed by atoms with Gasteiger partial charge in [-0.15, -0.1) is 0 Å². The molecule has 0 aromatic heterocycles. The van der Waals surface area contributed by atoms with Crippen LogP contribution in [0.4, 0.5) is 8.78 Å². The van der Waals surface area contributed by atoms with E-state index in [-0.39, 0.29) is 12.3 Å². The van der Waals surface area contributed by atoms with Gasteiger partial charge in [0.1, 0.15) is 0 Å². The van der Waals surface area contributed by atoms with Crippen LogP contribution in [0, 0.1) is 0 Å². The monoisotopic (exact) mass is 291 g/mol. The zero-order valence-corrected chi connectivity index (χ0v) is 11.2. The largest absolute Gasteiger partial charge is 0.356 e. The minimum absolute atomic E-state index is 0.0923. The van der Waals surface area contributed by atoms with E-state index in [4.69, 9.17) is 0 Å². The maximum Gasteiger partial charge on any atom is 0.341 e. The lowest BCUT2D eigenvalue weighted by molar-refractivity contribution is -0.120. The molecule has 0 saturated carbocycles. The molecule has 0 aliphatic rings. The summed E-state index contributed by atoms with van der Waals surface area (Å²) in [4.78, 5) is 11.0. The van der Waals surface area contributed by atoms with E-state index in [0.717, 1.165) is 18.6 Å². The molecule has 0 aliphatic heterocycles. The van der Waals surface area contributed by atoms with Crippen LogP contribution in [0.5, 0.6) is 0 Å². The molecular weight excluding hydrogens is 276 g/mol. The molecule has 0 saturated heterocycles. The number of benzene rings is 1. The van der Waals surface area contributed by atoms with Gasteiger partial charge in [0.15, 0.2) is 0 Å². The highest BCUT2D eigenvalue weighted by atomic mass is 32.2. The summed E-state index contributed by atoms with van der Waals surface area (Å²) < 4.78 is 46.9. The van der Waals surface area contributed by atoms with Gasteiger partial charge in [0, 0.05) is 6.54 Å². The third-order valence-corrected chi connectivity index (χ3v) is 3.82. The summed E-state index contributed by atoms with van der Waals surface area (Å²) in [5, 5.41) is 2.67. The Morgan fingerprint density at radius 3 is 2.32 bits per heavy atom. The highest BCUT2D eigenvalue weighted by molar-refractivity contribution is 7.91. The number of carbonyl (C=O) groups is 1. The zero-order valence-electron chi connectivity index (χ0n) is 10.4. The van der Waals surface area contributed by atoms with E-state index >= 15 is 0 Å². The van der Waals surface area contributed by atoms with Crippen LogP contribution >= 0.6 is 0 Å². The third-order valence-electron chi connectivity index (χ3n) is 2.42. The lowest BCUT2D eigenvalue weighted by Gasteiger charge is -2.06. The van der Waals surface area contributed by atoms with Crippen molar-refractivity contribution >= 4 is 15.7 Å². The van der Waals surface area contributed by atoms with Gasteiger partial charge in [0.05, 0.1) is 11.3 Å². The number of sulfone groups is 1. The van der Waals surface area contributed by atoms with Crippen LogP contribution in [0.25, 0.3) is 0 Å². The number of amides is 1. The van der Waals surface area contributed by atoms with Gasteiger partial charge in [0.2, 0.25) is 15.7 Å². The Balaban J connectivity index is 2.75. The number of halogens is 2. The molecule has 1 N–H and O–H groups in total. The summed E-state index contributed by atoms with van der Waals surface area (Å²) in [6, 6.07) is 4.90. The molecule has 19 heavy (non-hydrogen) atoms. The van der Waals surface area contributed by atoms with Crippen molar-refractivity contribution in [2.45, 2.75) is 30.4 Å². The molecule has 0 radical (unpaired) electrons. The number of hydrogen-bond acceptors (Lipinski definition) is 3. The fourth-order valence-electron chi connectivity index (χ4n) is 1.41. The standard InChI is InChI=1S/C12H15F2NO3S/c1-2-7-15-11(16)8-9-3-5-10(6-4-9)19(17,18)12(13)14/h3-6,12H,2,7-8H2,1H3,(H,15,16). The summed E-state index contributed by atoms with van der Waals surface area (Å²) in [6.07, 6.45) is 0.909. The van der Waals surface area contributed by atoms with Gasteiger partial charge >= 0.3 is 5.76 Å². The molecule has 1 aromatic rings. The highest BCUT2D eigenvalue weighted by Gasteiger charge is 2.26. The number of hydrogen-bond donors (Lipinski definition) is 1. The van der Waals surface area contributed by atoms with E-state index in [2.05, 4.69) is 5.32 Å². The van der Waals surface area contributed by atoms with Crippen LogP contribution in [-0.4, -0.2) is 26.6 Å². The number of rotatable bonds is 6. The second-order valence-electron chi connectivity index (χ2n) is 3.98. The van der Waals surface area contributed by atoms with Crippen LogP contribution in [-0.2, 0) is 21.1 Å². The third kappa shape index (κ3) is 4.27. The summed E-state index contributed by atoms with van der Waals surface area (Å²) in [6.45, 7) is 2.49. The molecule has 1 rings (SSSR count). The van der Waals surface area contributed by atoms with E-state index in [1.807, 2.05) is 6.92 Å². The fraction of sp³-hybridized carbons (Fsp3) is 0.417. The summed E-state index contributed by atoms with van der Waals surface area (Å²) in [5.41, 5.74) is 0.571. The van der Waals surface area contributed by atoms with Crippen LogP contribution < -0.4 is 5.32 Å². The van der Waals surface area contributed by atoms with Gasteiger partial charge in [-0.2, -0.15) is 8.78 Å². The highest BCUT2D eigenvalue weighted by Crippen LogP contribution is 2.18. The molecule has 0 heterocycles. The maximum atomic E-state index is 12.3. The van der Waals surface area contributed by atoms with Gasteiger partial charge in [-0.05, 0) is 24.1 Å².